The molecular weight excluding hydrogens is 296 g/mol. The summed E-state index contributed by atoms with van der Waals surface area (Å²) in [6.07, 6.45) is 7.57. The number of fused-ring (bicyclic) bond motifs is 1. The second-order valence-corrected chi connectivity index (χ2v) is 6.89. The van der Waals surface area contributed by atoms with E-state index in [1.807, 2.05) is 24.3 Å². The van der Waals surface area contributed by atoms with E-state index in [4.69, 9.17) is 17.3 Å². The number of halogens is 1. The zero-order valence-corrected chi connectivity index (χ0v) is 13.5. The lowest BCUT2D eigenvalue weighted by Gasteiger charge is -2.25. The number of nitrogens with two attached hydrogens (primary N) is 1. The number of nitrogens with one attached hydrogen (secondary N) is 1. The fraction of sp³-hybridized carbons (Fsp3) is 0.500. The number of Topliss-reactive ketones (excluding diaryl/α,β-unsaturated/α-hetero) is 1. The van der Waals surface area contributed by atoms with E-state index in [2.05, 4.69) is 4.98 Å². The first-order chi connectivity index (χ1) is 10.6. The number of rotatable bonds is 3. The Labute approximate surface area is 136 Å². The average molecular weight is 319 g/mol. The maximum atomic E-state index is 12.6. The number of ketones is 1. The third-order valence-electron chi connectivity index (χ3n) is 4.80. The predicted octanol–water partition coefficient (Wildman–Crippen LogP) is 4.69. The van der Waals surface area contributed by atoms with Gasteiger partial charge in [-0.3, -0.25) is 4.79 Å². The van der Waals surface area contributed by atoms with Crippen LogP contribution in [0.15, 0.2) is 24.3 Å². The molecule has 3 nitrogen and oxygen atoms in total. The molecule has 22 heavy (non-hydrogen) atoms. The van der Waals surface area contributed by atoms with Crippen molar-refractivity contribution in [3.63, 3.8) is 0 Å². The van der Waals surface area contributed by atoms with Gasteiger partial charge in [0.25, 0.3) is 0 Å². The van der Waals surface area contributed by atoms with Gasteiger partial charge in [-0.2, -0.15) is 0 Å². The van der Waals surface area contributed by atoms with Gasteiger partial charge in [0.2, 0.25) is 0 Å². The molecule has 2 atom stereocenters. The Balaban J connectivity index is 1.74. The van der Waals surface area contributed by atoms with Crippen LogP contribution in [-0.2, 0) is 0 Å². The Morgan fingerprint density at radius 2 is 1.95 bits per heavy atom. The normalized spacial score (nSPS) is 23.2. The van der Waals surface area contributed by atoms with Crippen LogP contribution < -0.4 is 5.73 Å². The van der Waals surface area contributed by atoms with Crippen molar-refractivity contribution in [3.8, 4) is 0 Å². The van der Waals surface area contributed by atoms with Crippen molar-refractivity contribution in [1.82, 2.24) is 4.98 Å². The van der Waals surface area contributed by atoms with Gasteiger partial charge in [-0.05, 0) is 43.0 Å². The van der Waals surface area contributed by atoms with Crippen molar-refractivity contribution < 1.29 is 4.79 Å². The van der Waals surface area contributed by atoms with E-state index in [9.17, 15) is 4.79 Å². The molecule has 118 valence electrons. The quantitative estimate of drug-likeness (QED) is 0.806. The third-order valence-corrected chi connectivity index (χ3v) is 5.03. The molecule has 1 aromatic heterocycles. The highest BCUT2D eigenvalue weighted by atomic mass is 35.5. The standard InChI is InChI=1S/C18H23ClN2O/c19-14-7-8-16-13(9-14)10-17(21-16)18(22)11-12-5-3-1-2-4-6-15(12)20/h7-10,12,15,21H,1-6,11,20H2/t12-,15-/m0/s1. The molecule has 4 heteroatoms. The molecule has 1 fully saturated rings. The number of aromatic amines is 1. The highest BCUT2D eigenvalue weighted by Crippen LogP contribution is 2.27. The van der Waals surface area contributed by atoms with Crippen LogP contribution in [0.2, 0.25) is 5.02 Å². The minimum atomic E-state index is 0.156. The smallest absolute Gasteiger partial charge is 0.179 e. The lowest BCUT2D eigenvalue weighted by atomic mass is 9.84. The largest absolute Gasteiger partial charge is 0.352 e. The summed E-state index contributed by atoms with van der Waals surface area (Å²) in [4.78, 5) is 15.8. The Morgan fingerprint density at radius 1 is 1.18 bits per heavy atom. The van der Waals surface area contributed by atoms with E-state index in [-0.39, 0.29) is 11.8 Å². The maximum Gasteiger partial charge on any atom is 0.179 e. The Morgan fingerprint density at radius 3 is 2.77 bits per heavy atom. The first-order valence-electron chi connectivity index (χ1n) is 8.20. The van der Waals surface area contributed by atoms with Gasteiger partial charge in [-0.15, -0.1) is 0 Å². The lowest BCUT2D eigenvalue weighted by Crippen LogP contribution is -2.32. The topological polar surface area (TPSA) is 58.9 Å². The summed E-state index contributed by atoms with van der Waals surface area (Å²) >= 11 is 6.00. The molecule has 1 aliphatic carbocycles. The fourth-order valence-electron chi connectivity index (χ4n) is 3.45. The van der Waals surface area contributed by atoms with Gasteiger partial charge in [-0.1, -0.05) is 37.3 Å². The average Bonchev–Trinajstić information content (AvgIpc) is 2.90. The van der Waals surface area contributed by atoms with Crippen LogP contribution in [-0.4, -0.2) is 16.8 Å². The van der Waals surface area contributed by atoms with Crippen molar-refractivity contribution in [2.75, 3.05) is 0 Å². The van der Waals surface area contributed by atoms with E-state index in [0.717, 1.165) is 23.7 Å². The number of hydrogen-bond acceptors (Lipinski definition) is 2. The SMILES string of the molecule is N[C@H]1CCCCCC[C@H]1CC(=O)c1cc2cc(Cl)ccc2[nH]1. The van der Waals surface area contributed by atoms with Gasteiger partial charge < -0.3 is 10.7 Å². The second kappa shape index (κ2) is 6.84. The molecule has 0 radical (unpaired) electrons. The van der Waals surface area contributed by atoms with E-state index in [0.29, 0.717) is 23.1 Å². The number of aromatic nitrogens is 1. The van der Waals surface area contributed by atoms with Crippen LogP contribution in [0.3, 0.4) is 0 Å². The maximum absolute atomic E-state index is 12.6. The molecule has 1 saturated carbocycles. The number of H-pyrrole nitrogens is 1. The summed E-state index contributed by atoms with van der Waals surface area (Å²) in [5.74, 6) is 0.469. The first-order valence-corrected chi connectivity index (χ1v) is 8.58. The van der Waals surface area contributed by atoms with E-state index in [1.54, 1.807) is 0 Å². The molecule has 2 aromatic rings. The van der Waals surface area contributed by atoms with Gasteiger partial charge in [0.15, 0.2) is 5.78 Å². The number of hydrogen-bond donors (Lipinski definition) is 2. The molecule has 0 saturated heterocycles. The van der Waals surface area contributed by atoms with Gasteiger partial charge in [0.1, 0.15) is 0 Å². The van der Waals surface area contributed by atoms with Gasteiger partial charge in [-0.25, -0.2) is 0 Å². The van der Waals surface area contributed by atoms with Crippen molar-refractivity contribution in [2.45, 2.75) is 51.0 Å². The number of benzene rings is 1. The Kier molecular flexibility index (Phi) is 4.84. The van der Waals surface area contributed by atoms with Crippen LogP contribution in [0.4, 0.5) is 0 Å². The molecule has 0 bridgehead atoms. The third kappa shape index (κ3) is 3.53. The highest BCUT2D eigenvalue weighted by Gasteiger charge is 2.23. The summed E-state index contributed by atoms with van der Waals surface area (Å²) in [6, 6.07) is 7.68. The van der Waals surface area contributed by atoms with Crippen molar-refractivity contribution >= 4 is 28.3 Å². The molecule has 0 spiro atoms. The van der Waals surface area contributed by atoms with Crippen LogP contribution in [0.5, 0.6) is 0 Å². The lowest BCUT2D eigenvalue weighted by molar-refractivity contribution is 0.0943. The molecule has 0 aliphatic heterocycles. The number of carbonyl (C=O) groups is 1. The van der Waals surface area contributed by atoms with Crippen LogP contribution in [0, 0.1) is 5.92 Å². The van der Waals surface area contributed by atoms with Crippen molar-refractivity contribution in [1.29, 1.82) is 0 Å². The van der Waals surface area contributed by atoms with Crippen LogP contribution in [0.1, 0.15) is 55.4 Å². The minimum absolute atomic E-state index is 0.156. The summed E-state index contributed by atoms with van der Waals surface area (Å²) in [6.45, 7) is 0. The zero-order chi connectivity index (χ0) is 15.5. The molecule has 3 rings (SSSR count). The summed E-state index contributed by atoms with van der Waals surface area (Å²) in [5, 5.41) is 1.67. The van der Waals surface area contributed by atoms with E-state index < -0.39 is 0 Å². The Bertz CT molecular complexity index is 664. The van der Waals surface area contributed by atoms with Gasteiger partial charge in [0, 0.05) is 28.4 Å². The van der Waals surface area contributed by atoms with Gasteiger partial charge >= 0.3 is 0 Å². The van der Waals surface area contributed by atoms with E-state index >= 15 is 0 Å². The molecule has 1 aliphatic rings. The molecule has 3 N–H and O–H groups in total. The summed E-state index contributed by atoms with van der Waals surface area (Å²) in [5.41, 5.74) is 7.92. The molecule has 1 aromatic carbocycles. The van der Waals surface area contributed by atoms with Crippen molar-refractivity contribution in [2.24, 2.45) is 11.7 Å². The van der Waals surface area contributed by atoms with Crippen molar-refractivity contribution in [3.05, 3.63) is 35.0 Å². The highest BCUT2D eigenvalue weighted by molar-refractivity contribution is 6.31. The molecule has 0 amide bonds. The fourth-order valence-corrected chi connectivity index (χ4v) is 3.63. The van der Waals surface area contributed by atoms with E-state index in [1.165, 1.54) is 25.7 Å². The zero-order valence-electron chi connectivity index (χ0n) is 12.8. The van der Waals surface area contributed by atoms with Crippen LogP contribution >= 0.6 is 11.6 Å². The molecule has 1 heterocycles. The van der Waals surface area contributed by atoms with Crippen LogP contribution in [0.25, 0.3) is 10.9 Å². The number of carbonyl (C=O) groups excluding carboxylic acids is 1. The molecular formula is C18H23ClN2O. The Hall–Kier alpha value is -1.32. The molecule has 0 unspecified atom stereocenters. The monoisotopic (exact) mass is 318 g/mol. The predicted molar refractivity (Wildman–Crippen MR) is 91.4 cm³/mol. The minimum Gasteiger partial charge on any atom is -0.352 e. The van der Waals surface area contributed by atoms with Gasteiger partial charge in [0.05, 0.1) is 5.69 Å². The summed E-state index contributed by atoms with van der Waals surface area (Å²) in [7, 11) is 0. The summed E-state index contributed by atoms with van der Waals surface area (Å²) < 4.78 is 0. The second-order valence-electron chi connectivity index (χ2n) is 6.46. The first kappa shape index (κ1) is 15.6.